The van der Waals surface area contributed by atoms with Crippen LogP contribution in [0.25, 0.3) is 0 Å². The molecule has 0 aromatic heterocycles. The Morgan fingerprint density at radius 2 is 1.85 bits per heavy atom. The summed E-state index contributed by atoms with van der Waals surface area (Å²) in [6.07, 6.45) is 7.12. The lowest BCUT2D eigenvalue weighted by molar-refractivity contribution is -0.0594. The Hall–Kier alpha value is -0.0800. The van der Waals surface area contributed by atoms with Gasteiger partial charge in [0, 0.05) is 0 Å². The van der Waals surface area contributed by atoms with E-state index in [1.165, 1.54) is 32.1 Å². The second kappa shape index (κ2) is 2.71. The SMILES string of the molecule is OCOCC12CC3CC(C1)C(C3)C2. The van der Waals surface area contributed by atoms with E-state index in [2.05, 4.69) is 0 Å². The quantitative estimate of drug-likeness (QED) is 0.674. The predicted molar refractivity (Wildman–Crippen MR) is 49.0 cm³/mol. The first-order chi connectivity index (χ1) is 6.31. The fourth-order valence-electron chi connectivity index (χ4n) is 4.42. The van der Waals surface area contributed by atoms with Gasteiger partial charge in [0.05, 0.1) is 6.61 Å². The highest BCUT2D eigenvalue weighted by Gasteiger charge is 2.55. The van der Waals surface area contributed by atoms with Crippen LogP contribution < -0.4 is 0 Å². The van der Waals surface area contributed by atoms with E-state index in [0.29, 0.717) is 5.41 Å². The zero-order valence-corrected chi connectivity index (χ0v) is 8.04. The third-order valence-electron chi connectivity index (χ3n) is 4.55. The van der Waals surface area contributed by atoms with Gasteiger partial charge in [-0.3, -0.25) is 0 Å². The van der Waals surface area contributed by atoms with Crippen molar-refractivity contribution in [2.45, 2.75) is 32.1 Å². The molecule has 0 amide bonds. The smallest absolute Gasteiger partial charge is 0.143 e. The summed E-state index contributed by atoms with van der Waals surface area (Å²) >= 11 is 0. The fourth-order valence-corrected chi connectivity index (χ4v) is 4.42. The number of rotatable bonds is 3. The molecule has 0 saturated heterocycles. The lowest BCUT2D eigenvalue weighted by Gasteiger charge is -2.37. The lowest BCUT2D eigenvalue weighted by atomic mass is 9.70. The van der Waals surface area contributed by atoms with Crippen LogP contribution in [0.2, 0.25) is 0 Å². The van der Waals surface area contributed by atoms with E-state index in [-0.39, 0.29) is 6.79 Å². The minimum Gasteiger partial charge on any atom is -0.371 e. The minimum absolute atomic E-state index is 0.0955. The standard InChI is InChI=1S/C11H18O2/c12-7-13-6-11-3-8-1-9(4-11)10(2-8)5-11/h8-10,12H,1-7H2. The molecule has 4 rings (SSSR count). The molecule has 0 aromatic carbocycles. The van der Waals surface area contributed by atoms with Crippen LogP contribution in [-0.4, -0.2) is 18.5 Å². The molecule has 0 aliphatic heterocycles. The van der Waals surface area contributed by atoms with Crippen molar-refractivity contribution in [1.29, 1.82) is 0 Å². The van der Waals surface area contributed by atoms with Crippen LogP contribution in [0.3, 0.4) is 0 Å². The van der Waals surface area contributed by atoms with E-state index < -0.39 is 0 Å². The molecule has 74 valence electrons. The maximum Gasteiger partial charge on any atom is 0.143 e. The average molecular weight is 182 g/mol. The van der Waals surface area contributed by atoms with Gasteiger partial charge in [-0.1, -0.05) is 0 Å². The number of hydrogen-bond acceptors (Lipinski definition) is 2. The highest BCUT2D eigenvalue weighted by atomic mass is 16.6. The predicted octanol–water partition coefficient (Wildman–Crippen LogP) is 1.78. The zero-order chi connectivity index (χ0) is 8.89. The normalized spacial score (nSPS) is 51.9. The third-order valence-corrected chi connectivity index (χ3v) is 4.55. The largest absolute Gasteiger partial charge is 0.371 e. The molecule has 4 saturated carbocycles. The average Bonchev–Trinajstić information content (AvgIpc) is 2.51. The van der Waals surface area contributed by atoms with Crippen molar-refractivity contribution >= 4 is 0 Å². The van der Waals surface area contributed by atoms with E-state index in [1.54, 1.807) is 0 Å². The molecular formula is C11H18O2. The van der Waals surface area contributed by atoms with Crippen molar-refractivity contribution in [2.75, 3.05) is 13.4 Å². The maximum absolute atomic E-state index is 8.68. The summed E-state index contributed by atoms with van der Waals surface area (Å²) in [5, 5.41) is 8.68. The van der Waals surface area contributed by atoms with E-state index >= 15 is 0 Å². The van der Waals surface area contributed by atoms with Gasteiger partial charge in [-0.2, -0.15) is 0 Å². The highest BCUT2D eigenvalue weighted by molar-refractivity contribution is 5.05. The number of aliphatic hydroxyl groups is 1. The van der Waals surface area contributed by atoms with Crippen molar-refractivity contribution in [1.82, 2.24) is 0 Å². The van der Waals surface area contributed by atoms with Crippen LogP contribution in [0.4, 0.5) is 0 Å². The molecule has 4 aliphatic carbocycles. The van der Waals surface area contributed by atoms with Crippen LogP contribution in [-0.2, 0) is 4.74 Å². The maximum atomic E-state index is 8.68. The van der Waals surface area contributed by atoms with Crippen molar-refractivity contribution < 1.29 is 9.84 Å². The number of hydrogen-bond donors (Lipinski definition) is 1. The first kappa shape index (κ1) is 8.25. The van der Waals surface area contributed by atoms with Gasteiger partial charge in [0.1, 0.15) is 6.79 Å². The Kier molecular flexibility index (Phi) is 1.72. The first-order valence-corrected chi connectivity index (χ1v) is 5.50. The van der Waals surface area contributed by atoms with Crippen LogP contribution in [0.5, 0.6) is 0 Å². The Morgan fingerprint density at radius 1 is 1.15 bits per heavy atom. The van der Waals surface area contributed by atoms with Crippen LogP contribution in [0.15, 0.2) is 0 Å². The molecule has 4 fully saturated rings. The molecule has 1 N–H and O–H groups in total. The lowest BCUT2D eigenvalue weighted by Crippen LogP contribution is -2.32. The van der Waals surface area contributed by atoms with Gasteiger partial charge in [-0.05, 0) is 55.3 Å². The zero-order valence-electron chi connectivity index (χ0n) is 8.04. The molecule has 2 nitrogen and oxygen atoms in total. The summed E-state index contributed by atoms with van der Waals surface area (Å²) in [5.41, 5.74) is 0.485. The van der Waals surface area contributed by atoms with Gasteiger partial charge in [0.25, 0.3) is 0 Å². The van der Waals surface area contributed by atoms with Crippen molar-refractivity contribution in [3.63, 3.8) is 0 Å². The molecule has 0 spiro atoms. The number of aliphatic hydroxyl groups excluding tert-OH is 1. The Bertz CT molecular complexity index is 195. The monoisotopic (exact) mass is 182 g/mol. The molecular weight excluding hydrogens is 164 g/mol. The Labute approximate surface area is 79.3 Å². The van der Waals surface area contributed by atoms with Gasteiger partial charge in [0.15, 0.2) is 0 Å². The van der Waals surface area contributed by atoms with Crippen molar-refractivity contribution in [2.24, 2.45) is 23.2 Å². The second-order valence-corrected chi connectivity index (χ2v) is 5.45. The van der Waals surface area contributed by atoms with Crippen LogP contribution in [0.1, 0.15) is 32.1 Å². The topological polar surface area (TPSA) is 29.5 Å². The van der Waals surface area contributed by atoms with E-state index in [9.17, 15) is 0 Å². The second-order valence-electron chi connectivity index (χ2n) is 5.45. The van der Waals surface area contributed by atoms with Crippen LogP contribution in [0, 0.1) is 23.2 Å². The first-order valence-electron chi connectivity index (χ1n) is 5.50. The van der Waals surface area contributed by atoms with Gasteiger partial charge in [-0.25, -0.2) is 0 Å². The fraction of sp³-hybridized carbons (Fsp3) is 1.00. The number of ether oxygens (including phenoxy) is 1. The van der Waals surface area contributed by atoms with Crippen molar-refractivity contribution in [3.05, 3.63) is 0 Å². The summed E-state index contributed by atoms with van der Waals surface area (Å²) in [7, 11) is 0. The molecule has 2 unspecified atom stereocenters. The highest BCUT2D eigenvalue weighted by Crippen LogP contribution is 2.64. The summed E-state index contributed by atoms with van der Waals surface area (Å²) in [5.74, 6) is 3.03. The summed E-state index contributed by atoms with van der Waals surface area (Å²) in [6, 6.07) is 0. The minimum atomic E-state index is -0.0955. The van der Waals surface area contributed by atoms with Crippen molar-refractivity contribution in [3.8, 4) is 0 Å². The van der Waals surface area contributed by atoms with E-state index in [4.69, 9.17) is 9.84 Å². The van der Waals surface area contributed by atoms with Gasteiger partial charge < -0.3 is 9.84 Å². The molecule has 0 radical (unpaired) electrons. The molecule has 13 heavy (non-hydrogen) atoms. The molecule has 2 heteroatoms. The van der Waals surface area contributed by atoms with E-state index in [0.717, 1.165) is 24.4 Å². The molecule has 4 bridgehead atoms. The van der Waals surface area contributed by atoms with Crippen LogP contribution >= 0.6 is 0 Å². The molecule has 0 aromatic rings. The summed E-state index contributed by atoms with van der Waals surface area (Å²) in [4.78, 5) is 0. The Balaban J connectivity index is 1.73. The van der Waals surface area contributed by atoms with Gasteiger partial charge in [-0.15, -0.1) is 0 Å². The molecule has 4 aliphatic rings. The third kappa shape index (κ3) is 1.15. The summed E-state index contributed by atoms with van der Waals surface area (Å²) in [6.45, 7) is 0.717. The van der Waals surface area contributed by atoms with E-state index in [1.807, 2.05) is 0 Å². The van der Waals surface area contributed by atoms with Gasteiger partial charge in [0.2, 0.25) is 0 Å². The molecule has 2 atom stereocenters. The molecule has 0 heterocycles. The van der Waals surface area contributed by atoms with Gasteiger partial charge >= 0.3 is 0 Å². The summed E-state index contributed by atoms with van der Waals surface area (Å²) < 4.78 is 5.22. The Morgan fingerprint density at radius 3 is 2.38 bits per heavy atom.